The SMILES string of the molecule is CC1(C)CCCNC1C(=O)NC1CCN(c2ccccn2)CC1. The molecule has 2 fully saturated rings. The van der Waals surface area contributed by atoms with Crippen LogP contribution in [0.5, 0.6) is 0 Å². The third-order valence-electron chi connectivity index (χ3n) is 5.20. The number of piperidine rings is 2. The lowest BCUT2D eigenvalue weighted by Crippen LogP contribution is -2.58. The van der Waals surface area contributed by atoms with Gasteiger partial charge in [-0.15, -0.1) is 0 Å². The molecular weight excluding hydrogens is 288 g/mol. The summed E-state index contributed by atoms with van der Waals surface area (Å²) in [5, 5.41) is 6.67. The molecule has 126 valence electrons. The molecule has 0 spiro atoms. The number of hydrogen-bond donors (Lipinski definition) is 2. The third-order valence-corrected chi connectivity index (χ3v) is 5.20. The lowest BCUT2D eigenvalue weighted by molar-refractivity contribution is -0.127. The van der Waals surface area contributed by atoms with Gasteiger partial charge in [-0.05, 0) is 49.8 Å². The smallest absolute Gasteiger partial charge is 0.237 e. The highest BCUT2D eigenvalue weighted by Gasteiger charge is 2.37. The van der Waals surface area contributed by atoms with Crippen molar-refractivity contribution in [3.8, 4) is 0 Å². The first-order valence-corrected chi connectivity index (χ1v) is 8.76. The molecule has 2 N–H and O–H groups in total. The van der Waals surface area contributed by atoms with Crippen molar-refractivity contribution in [1.82, 2.24) is 15.6 Å². The first kappa shape index (κ1) is 16.2. The molecule has 5 heteroatoms. The van der Waals surface area contributed by atoms with Gasteiger partial charge in [0, 0.05) is 25.3 Å². The molecule has 1 atom stereocenters. The third kappa shape index (κ3) is 3.83. The van der Waals surface area contributed by atoms with Crippen LogP contribution < -0.4 is 15.5 Å². The van der Waals surface area contributed by atoms with Crippen LogP contribution in [0.15, 0.2) is 24.4 Å². The fourth-order valence-electron chi connectivity index (χ4n) is 3.74. The highest BCUT2D eigenvalue weighted by atomic mass is 16.2. The highest BCUT2D eigenvalue weighted by molar-refractivity contribution is 5.83. The van der Waals surface area contributed by atoms with Crippen molar-refractivity contribution < 1.29 is 4.79 Å². The van der Waals surface area contributed by atoms with Crippen molar-refractivity contribution in [1.29, 1.82) is 0 Å². The summed E-state index contributed by atoms with van der Waals surface area (Å²) < 4.78 is 0. The van der Waals surface area contributed by atoms with Crippen LogP contribution in [0.1, 0.15) is 39.5 Å². The van der Waals surface area contributed by atoms with Gasteiger partial charge >= 0.3 is 0 Å². The zero-order valence-electron chi connectivity index (χ0n) is 14.2. The minimum Gasteiger partial charge on any atom is -0.356 e. The Balaban J connectivity index is 1.51. The molecule has 5 nitrogen and oxygen atoms in total. The molecule has 1 amide bonds. The highest BCUT2D eigenvalue weighted by Crippen LogP contribution is 2.30. The molecule has 0 radical (unpaired) electrons. The molecule has 0 aromatic carbocycles. The molecule has 1 aromatic heterocycles. The van der Waals surface area contributed by atoms with Crippen LogP contribution in [0, 0.1) is 5.41 Å². The molecule has 0 aliphatic carbocycles. The predicted molar refractivity (Wildman–Crippen MR) is 92.4 cm³/mol. The van der Waals surface area contributed by atoms with Crippen molar-refractivity contribution in [3.05, 3.63) is 24.4 Å². The molecule has 2 aliphatic heterocycles. The Morgan fingerprint density at radius 1 is 1.35 bits per heavy atom. The average molecular weight is 316 g/mol. The maximum atomic E-state index is 12.6. The maximum absolute atomic E-state index is 12.6. The predicted octanol–water partition coefficient (Wildman–Crippen LogP) is 1.94. The van der Waals surface area contributed by atoms with Gasteiger partial charge in [-0.1, -0.05) is 19.9 Å². The van der Waals surface area contributed by atoms with E-state index in [2.05, 4.69) is 34.4 Å². The summed E-state index contributed by atoms with van der Waals surface area (Å²) >= 11 is 0. The number of carbonyl (C=O) groups is 1. The Morgan fingerprint density at radius 2 is 2.13 bits per heavy atom. The van der Waals surface area contributed by atoms with Crippen LogP contribution in [0.3, 0.4) is 0 Å². The Bertz CT molecular complexity index is 523. The van der Waals surface area contributed by atoms with Gasteiger partial charge in [-0.25, -0.2) is 4.98 Å². The van der Waals surface area contributed by atoms with E-state index in [1.807, 2.05) is 24.4 Å². The van der Waals surface area contributed by atoms with Crippen molar-refractivity contribution in [2.24, 2.45) is 5.41 Å². The van der Waals surface area contributed by atoms with E-state index in [0.717, 1.165) is 51.1 Å². The van der Waals surface area contributed by atoms with E-state index in [4.69, 9.17) is 0 Å². The molecule has 1 aromatic rings. The fraction of sp³-hybridized carbons (Fsp3) is 0.667. The van der Waals surface area contributed by atoms with Crippen LogP contribution in [0.2, 0.25) is 0 Å². The molecule has 0 saturated carbocycles. The van der Waals surface area contributed by atoms with Crippen molar-refractivity contribution >= 4 is 11.7 Å². The normalized spacial score (nSPS) is 25.1. The number of aromatic nitrogens is 1. The number of amides is 1. The summed E-state index contributed by atoms with van der Waals surface area (Å²) in [5.41, 5.74) is 0.0387. The topological polar surface area (TPSA) is 57.3 Å². The standard InChI is InChI=1S/C18H28N4O/c1-18(2)9-5-11-20-16(18)17(23)21-14-7-12-22(13-8-14)15-6-3-4-10-19-15/h3-4,6,10,14,16,20H,5,7-9,11-13H2,1-2H3,(H,21,23). The molecule has 1 unspecified atom stereocenters. The minimum atomic E-state index is -0.0648. The number of nitrogens with zero attached hydrogens (tertiary/aromatic N) is 2. The number of anilines is 1. The van der Waals surface area contributed by atoms with Crippen LogP contribution in [0.4, 0.5) is 5.82 Å². The zero-order chi connectivity index (χ0) is 16.3. The summed E-state index contributed by atoms with van der Waals surface area (Å²) in [7, 11) is 0. The van der Waals surface area contributed by atoms with Gasteiger partial charge in [-0.2, -0.15) is 0 Å². The first-order valence-electron chi connectivity index (χ1n) is 8.76. The molecule has 3 rings (SSSR count). The summed E-state index contributed by atoms with van der Waals surface area (Å²) in [6.07, 6.45) is 6.06. The Kier molecular flexibility index (Phi) is 4.85. The monoisotopic (exact) mass is 316 g/mol. The molecule has 0 bridgehead atoms. The lowest BCUT2D eigenvalue weighted by atomic mass is 9.77. The molecule has 3 heterocycles. The summed E-state index contributed by atoms with van der Waals surface area (Å²) in [6, 6.07) is 6.22. The summed E-state index contributed by atoms with van der Waals surface area (Å²) in [6.45, 7) is 7.21. The number of nitrogens with one attached hydrogen (secondary N) is 2. The second-order valence-electron chi connectivity index (χ2n) is 7.44. The Morgan fingerprint density at radius 3 is 2.78 bits per heavy atom. The second-order valence-corrected chi connectivity index (χ2v) is 7.44. The van der Waals surface area contributed by atoms with Gasteiger partial charge in [0.1, 0.15) is 5.82 Å². The van der Waals surface area contributed by atoms with Crippen molar-refractivity contribution in [2.75, 3.05) is 24.5 Å². The van der Waals surface area contributed by atoms with Gasteiger partial charge < -0.3 is 15.5 Å². The van der Waals surface area contributed by atoms with Crippen molar-refractivity contribution in [3.63, 3.8) is 0 Å². The van der Waals surface area contributed by atoms with Crippen LogP contribution in [-0.2, 0) is 4.79 Å². The summed E-state index contributed by atoms with van der Waals surface area (Å²) in [5.74, 6) is 1.21. The van der Waals surface area contributed by atoms with Crippen molar-refractivity contribution in [2.45, 2.75) is 51.6 Å². The van der Waals surface area contributed by atoms with Crippen LogP contribution >= 0.6 is 0 Å². The van der Waals surface area contributed by atoms with E-state index >= 15 is 0 Å². The Labute approximate surface area is 138 Å². The molecule has 23 heavy (non-hydrogen) atoms. The number of pyridine rings is 1. The quantitative estimate of drug-likeness (QED) is 0.895. The fourth-order valence-corrected chi connectivity index (χ4v) is 3.74. The van der Waals surface area contributed by atoms with Gasteiger partial charge in [0.25, 0.3) is 0 Å². The summed E-state index contributed by atoms with van der Waals surface area (Å²) in [4.78, 5) is 19.3. The molecule has 2 aliphatic rings. The van der Waals surface area contributed by atoms with Gasteiger partial charge in [-0.3, -0.25) is 4.79 Å². The number of rotatable bonds is 3. The van der Waals surface area contributed by atoms with Crippen LogP contribution in [0.25, 0.3) is 0 Å². The number of carbonyl (C=O) groups excluding carboxylic acids is 1. The maximum Gasteiger partial charge on any atom is 0.237 e. The average Bonchev–Trinajstić information content (AvgIpc) is 2.56. The lowest BCUT2D eigenvalue weighted by Gasteiger charge is -2.40. The van der Waals surface area contributed by atoms with Gasteiger partial charge in [0.05, 0.1) is 6.04 Å². The van der Waals surface area contributed by atoms with E-state index in [0.29, 0.717) is 0 Å². The zero-order valence-corrected chi connectivity index (χ0v) is 14.2. The Hall–Kier alpha value is -1.62. The molecule has 2 saturated heterocycles. The number of hydrogen-bond acceptors (Lipinski definition) is 4. The minimum absolute atomic E-state index is 0.0387. The van der Waals surface area contributed by atoms with E-state index in [1.54, 1.807) is 0 Å². The van der Waals surface area contributed by atoms with E-state index in [9.17, 15) is 4.79 Å². The largest absolute Gasteiger partial charge is 0.356 e. The van der Waals surface area contributed by atoms with E-state index in [-0.39, 0.29) is 23.4 Å². The van der Waals surface area contributed by atoms with Crippen LogP contribution in [-0.4, -0.2) is 42.6 Å². The second kappa shape index (κ2) is 6.87. The van der Waals surface area contributed by atoms with E-state index in [1.165, 1.54) is 0 Å². The van der Waals surface area contributed by atoms with Gasteiger partial charge in [0.15, 0.2) is 0 Å². The van der Waals surface area contributed by atoms with E-state index < -0.39 is 0 Å². The van der Waals surface area contributed by atoms with Gasteiger partial charge in [0.2, 0.25) is 5.91 Å². The first-order chi connectivity index (χ1) is 11.1. The molecular formula is C18H28N4O.